The maximum Gasteiger partial charge on any atom is 0.335 e. The molecule has 2 aliphatic rings. The summed E-state index contributed by atoms with van der Waals surface area (Å²) < 4.78 is 0. The Labute approximate surface area is 235 Å². The van der Waals surface area contributed by atoms with E-state index in [-0.39, 0.29) is 5.56 Å². The molecule has 5 rings (SSSR count). The van der Waals surface area contributed by atoms with Crippen LogP contribution >= 0.6 is 0 Å². The van der Waals surface area contributed by atoms with Crippen LogP contribution < -0.4 is 11.3 Å². The minimum atomic E-state index is -0.937. The van der Waals surface area contributed by atoms with Crippen molar-refractivity contribution >= 4 is 34.3 Å². The quantitative estimate of drug-likeness (QED) is 0.230. The van der Waals surface area contributed by atoms with E-state index < -0.39 is 11.9 Å². The van der Waals surface area contributed by atoms with E-state index in [0.717, 1.165) is 56.3 Å². The summed E-state index contributed by atoms with van der Waals surface area (Å²) >= 11 is 0. The molecule has 10 heteroatoms. The molecule has 1 saturated heterocycles. The van der Waals surface area contributed by atoms with E-state index in [2.05, 4.69) is 47.9 Å². The fraction of sp³-hybridized carbons (Fsp3) is 0.433. The van der Waals surface area contributed by atoms with Crippen molar-refractivity contribution in [3.8, 4) is 0 Å². The number of carboxylic acid groups (broad SMARTS) is 2. The number of aromatic carboxylic acids is 2. The Morgan fingerprint density at radius 1 is 0.850 bits per heavy atom. The van der Waals surface area contributed by atoms with Gasteiger partial charge in [-0.25, -0.2) is 9.59 Å². The van der Waals surface area contributed by atoms with Gasteiger partial charge in [0, 0.05) is 79.8 Å². The SMILES string of the molecule is CC(C)N1CCC(=O)CC1.CC(C)N1CCc2[nH]c3ccc(C(=O)O)cc3c2C1.NNc1ccc(C(=O)O)cc1. The number of Topliss-reactive ketones (excluding diaryl/α,β-unsaturated/α-hetero) is 1. The monoisotopic (exact) mass is 551 g/mol. The van der Waals surface area contributed by atoms with Crippen LogP contribution in [0.4, 0.5) is 5.69 Å². The summed E-state index contributed by atoms with van der Waals surface area (Å²) in [4.78, 5) is 40.4. The molecular weight excluding hydrogens is 510 g/mol. The van der Waals surface area contributed by atoms with E-state index in [9.17, 15) is 14.4 Å². The summed E-state index contributed by atoms with van der Waals surface area (Å²) in [6.45, 7) is 12.6. The molecule has 40 heavy (non-hydrogen) atoms. The second-order valence-corrected chi connectivity index (χ2v) is 10.7. The van der Waals surface area contributed by atoms with Gasteiger partial charge >= 0.3 is 11.9 Å². The third-order valence-corrected chi connectivity index (χ3v) is 7.37. The Balaban J connectivity index is 0.000000180. The molecule has 0 radical (unpaired) electrons. The zero-order chi connectivity index (χ0) is 29.4. The molecule has 1 fully saturated rings. The molecule has 1 aromatic heterocycles. The van der Waals surface area contributed by atoms with Crippen molar-refractivity contribution in [2.24, 2.45) is 5.84 Å². The number of ketones is 1. The van der Waals surface area contributed by atoms with Gasteiger partial charge in [0.2, 0.25) is 0 Å². The van der Waals surface area contributed by atoms with Crippen molar-refractivity contribution in [3.63, 3.8) is 0 Å². The first-order valence-corrected chi connectivity index (χ1v) is 13.7. The normalized spacial score (nSPS) is 15.6. The lowest BCUT2D eigenvalue weighted by molar-refractivity contribution is -0.121. The Kier molecular flexibility index (Phi) is 10.8. The van der Waals surface area contributed by atoms with Crippen molar-refractivity contribution in [1.82, 2.24) is 14.8 Å². The lowest BCUT2D eigenvalue weighted by atomic mass is 10.0. The van der Waals surface area contributed by atoms with Gasteiger partial charge in [0.15, 0.2) is 0 Å². The molecule has 0 atom stereocenters. The molecule has 0 spiro atoms. The van der Waals surface area contributed by atoms with Crippen LogP contribution in [0.1, 0.15) is 72.5 Å². The van der Waals surface area contributed by atoms with Gasteiger partial charge in [-0.1, -0.05) is 0 Å². The van der Waals surface area contributed by atoms with Crippen molar-refractivity contribution < 1.29 is 24.6 Å². The topological polar surface area (TPSA) is 152 Å². The van der Waals surface area contributed by atoms with Gasteiger partial charge in [0.25, 0.3) is 0 Å². The average molecular weight is 552 g/mol. The van der Waals surface area contributed by atoms with Crippen LogP contribution in [0.25, 0.3) is 10.9 Å². The van der Waals surface area contributed by atoms with Gasteiger partial charge in [-0.2, -0.15) is 0 Å². The molecule has 3 heterocycles. The number of anilines is 1. The van der Waals surface area contributed by atoms with Crippen LogP contribution in [0.15, 0.2) is 42.5 Å². The van der Waals surface area contributed by atoms with E-state index in [1.54, 1.807) is 24.3 Å². The molecule has 2 aliphatic heterocycles. The number of carboxylic acids is 2. The summed E-state index contributed by atoms with van der Waals surface area (Å²) in [5.41, 5.74) is 7.26. The Hall–Kier alpha value is -3.73. The number of nitrogens with zero attached hydrogens (tertiary/aromatic N) is 2. The number of nitrogens with one attached hydrogen (secondary N) is 2. The maximum absolute atomic E-state index is 11.1. The number of carbonyl (C=O) groups is 3. The molecule has 0 saturated carbocycles. The number of aromatic nitrogens is 1. The largest absolute Gasteiger partial charge is 0.478 e. The van der Waals surface area contributed by atoms with Gasteiger partial charge < -0.3 is 25.5 Å². The molecule has 6 N–H and O–H groups in total. The number of rotatable bonds is 5. The summed E-state index contributed by atoms with van der Waals surface area (Å²) in [6.07, 6.45) is 2.53. The number of likely N-dealkylation sites (tertiary alicyclic amines) is 1. The molecule has 0 bridgehead atoms. The molecule has 0 amide bonds. The highest BCUT2D eigenvalue weighted by Crippen LogP contribution is 2.29. The number of piperidine rings is 1. The molecule has 3 aromatic rings. The van der Waals surface area contributed by atoms with E-state index in [1.165, 1.54) is 23.4 Å². The molecule has 0 unspecified atom stereocenters. The zero-order valence-corrected chi connectivity index (χ0v) is 23.7. The van der Waals surface area contributed by atoms with Crippen molar-refractivity contribution in [3.05, 3.63) is 64.8 Å². The first-order chi connectivity index (χ1) is 19.0. The zero-order valence-electron chi connectivity index (χ0n) is 23.7. The first kappa shape index (κ1) is 30.8. The van der Waals surface area contributed by atoms with Gasteiger partial charge in [-0.05, 0) is 75.7 Å². The minimum Gasteiger partial charge on any atom is -0.478 e. The van der Waals surface area contributed by atoms with Crippen LogP contribution in [0.2, 0.25) is 0 Å². The summed E-state index contributed by atoms with van der Waals surface area (Å²) in [5.74, 6) is 3.70. The number of hydrogen-bond donors (Lipinski definition) is 5. The van der Waals surface area contributed by atoms with E-state index in [0.29, 0.717) is 29.1 Å². The van der Waals surface area contributed by atoms with Gasteiger partial charge in [0.05, 0.1) is 11.1 Å². The van der Waals surface area contributed by atoms with Crippen LogP contribution in [0, 0.1) is 0 Å². The fourth-order valence-corrected chi connectivity index (χ4v) is 4.81. The van der Waals surface area contributed by atoms with Crippen LogP contribution in [0.5, 0.6) is 0 Å². The predicted molar refractivity (Wildman–Crippen MR) is 157 cm³/mol. The number of benzene rings is 2. The highest BCUT2D eigenvalue weighted by molar-refractivity contribution is 5.95. The van der Waals surface area contributed by atoms with E-state index in [1.807, 2.05) is 6.07 Å². The molecule has 0 aliphatic carbocycles. The Morgan fingerprint density at radius 2 is 1.40 bits per heavy atom. The van der Waals surface area contributed by atoms with Crippen LogP contribution in [-0.4, -0.2) is 74.4 Å². The van der Waals surface area contributed by atoms with E-state index in [4.69, 9.17) is 16.1 Å². The highest BCUT2D eigenvalue weighted by atomic mass is 16.4. The smallest absolute Gasteiger partial charge is 0.335 e. The number of nitrogen functional groups attached to an aromatic ring is 1. The lowest BCUT2D eigenvalue weighted by Gasteiger charge is -2.30. The molecule has 10 nitrogen and oxygen atoms in total. The summed E-state index contributed by atoms with van der Waals surface area (Å²) in [5, 5.41) is 18.7. The van der Waals surface area contributed by atoms with Crippen molar-refractivity contribution in [1.29, 1.82) is 0 Å². The van der Waals surface area contributed by atoms with Crippen molar-refractivity contribution in [2.75, 3.05) is 25.1 Å². The standard InChI is InChI=1S/C15H18N2O2.C8H15NO.C7H8N2O2/c1-9(2)17-6-5-14-12(8-17)11-7-10(15(18)19)3-4-13(11)16-14;1-7(2)9-5-3-8(10)4-6-9;8-9-6-3-1-5(2-4-6)7(10)11/h3-4,7,9,16H,5-6,8H2,1-2H3,(H,18,19);7H,3-6H2,1-2H3;1-4,9H,8H2,(H,10,11). The number of nitrogens with two attached hydrogens (primary N) is 1. The number of H-pyrrole nitrogens is 1. The summed E-state index contributed by atoms with van der Waals surface area (Å²) in [7, 11) is 0. The summed E-state index contributed by atoms with van der Waals surface area (Å²) in [6, 6.07) is 12.6. The average Bonchev–Trinajstić information content (AvgIpc) is 3.31. The third kappa shape index (κ3) is 8.14. The van der Waals surface area contributed by atoms with Gasteiger partial charge in [-0.15, -0.1) is 0 Å². The third-order valence-electron chi connectivity index (χ3n) is 7.37. The number of aromatic amines is 1. The van der Waals surface area contributed by atoms with Gasteiger partial charge in [-0.3, -0.25) is 15.5 Å². The Bertz CT molecular complexity index is 1310. The number of fused-ring (bicyclic) bond motifs is 3. The van der Waals surface area contributed by atoms with Crippen LogP contribution in [-0.2, 0) is 17.8 Å². The molecular formula is C30H41N5O5. The number of hydrogen-bond acceptors (Lipinski definition) is 7. The first-order valence-electron chi connectivity index (χ1n) is 13.7. The predicted octanol–water partition coefficient (Wildman–Crippen LogP) is 4.36. The maximum atomic E-state index is 11.1. The molecule has 216 valence electrons. The second-order valence-electron chi connectivity index (χ2n) is 10.7. The minimum absolute atomic E-state index is 0.254. The lowest BCUT2D eigenvalue weighted by Crippen LogP contribution is -2.38. The van der Waals surface area contributed by atoms with Gasteiger partial charge in [0.1, 0.15) is 5.78 Å². The fourth-order valence-electron chi connectivity index (χ4n) is 4.81. The second kappa shape index (κ2) is 14.1. The van der Waals surface area contributed by atoms with Crippen LogP contribution in [0.3, 0.4) is 0 Å². The van der Waals surface area contributed by atoms with E-state index >= 15 is 0 Å². The van der Waals surface area contributed by atoms with Crippen molar-refractivity contribution in [2.45, 2.75) is 65.6 Å². The number of hydrazine groups is 1. The highest BCUT2D eigenvalue weighted by Gasteiger charge is 2.22. The Morgan fingerprint density at radius 3 is 1.93 bits per heavy atom. The molecule has 2 aromatic carbocycles. The number of carbonyl (C=O) groups excluding carboxylic acids is 1.